The predicted octanol–water partition coefficient (Wildman–Crippen LogP) is 2.09. The molecule has 0 aliphatic carbocycles. The van der Waals surface area contributed by atoms with Crippen LogP contribution in [-0.4, -0.2) is 6.47 Å². The average Bonchev–Trinajstić information content (AvgIpc) is 1.99. The van der Waals surface area contributed by atoms with Gasteiger partial charge in [-0.3, -0.25) is 0 Å². The van der Waals surface area contributed by atoms with Crippen molar-refractivity contribution in [2.45, 2.75) is 6.92 Å². The summed E-state index contributed by atoms with van der Waals surface area (Å²) in [4.78, 5) is 9.85. The van der Waals surface area contributed by atoms with Gasteiger partial charge in [-0.2, -0.15) is 0 Å². The fourth-order valence-electron chi connectivity index (χ4n) is 0.743. The van der Waals surface area contributed by atoms with Gasteiger partial charge in [0.05, 0.1) is 0 Å². The van der Waals surface area contributed by atoms with E-state index in [0.717, 1.165) is 5.56 Å². The third-order valence-corrected chi connectivity index (χ3v) is 1.78. The molecule has 1 aromatic carbocycles. The molecule has 0 bridgehead atoms. The molecule has 0 saturated heterocycles. The van der Waals surface area contributed by atoms with Gasteiger partial charge in [0.15, 0.2) is 6.47 Å². The maximum absolute atomic E-state index is 9.85. The molecule has 4 heteroatoms. The van der Waals surface area contributed by atoms with E-state index in [-0.39, 0.29) is 20.4 Å². The Labute approximate surface area is 89.5 Å². The summed E-state index contributed by atoms with van der Waals surface area (Å²) in [5, 5.41) is 0.581. The summed E-state index contributed by atoms with van der Waals surface area (Å²) < 4.78 is 4.53. The van der Waals surface area contributed by atoms with E-state index in [1.54, 1.807) is 25.1 Å². The summed E-state index contributed by atoms with van der Waals surface area (Å²) in [6.07, 6.45) is 0. The van der Waals surface area contributed by atoms with Crippen molar-refractivity contribution in [2.75, 3.05) is 0 Å². The molecule has 0 heterocycles. The summed E-state index contributed by atoms with van der Waals surface area (Å²) in [6.45, 7) is 3.12. The van der Waals surface area contributed by atoms with Crippen LogP contribution in [0.15, 0.2) is 18.2 Å². The van der Waals surface area contributed by atoms with Crippen LogP contribution in [0.2, 0.25) is 5.02 Å². The van der Waals surface area contributed by atoms with Crippen molar-refractivity contribution >= 4 is 18.1 Å². The summed E-state index contributed by atoms with van der Waals surface area (Å²) in [7, 11) is 0. The molecule has 12 heavy (non-hydrogen) atoms. The normalized spacial score (nSPS) is 8.50. The second kappa shape index (κ2) is 5.32. The molecule has 0 aromatic heterocycles. The monoisotopic (exact) mass is 356 g/mol. The third kappa shape index (κ3) is 2.60. The molecule has 1 rings (SSSR count). The van der Waals surface area contributed by atoms with Gasteiger partial charge in [0.1, 0.15) is 0 Å². The molecule has 2 nitrogen and oxygen atoms in total. The number of benzene rings is 1. The maximum Gasteiger partial charge on any atom is 0.170 e. The minimum absolute atomic E-state index is 0. The SMILES string of the molecule is Cc1c(Cl)cccc1O[C-]=O.[Re]. The van der Waals surface area contributed by atoms with E-state index < -0.39 is 0 Å². The van der Waals surface area contributed by atoms with Crippen LogP contribution in [0.25, 0.3) is 0 Å². The van der Waals surface area contributed by atoms with E-state index in [1.807, 2.05) is 0 Å². The third-order valence-electron chi connectivity index (χ3n) is 1.37. The fourth-order valence-corrected chi connectivity index (χ4v) is 0.909. The molecule has 65 valence electrons. The van der Waals surface area contributed by atoms with E-state index in [0.29, 0.717) is 10.8 Å². The minimum Gasteiger partial charge on any atom is -0.609 e. The van der Waals surface area contributed by atoms with Gasteiger partial charge in [-0.15, -0.1) is 6.07 Å². The van der Waals surface area contributed by atoms with Gasteiger partial charge < -0.3 is 9.53 Å². The van der Waals surface area contributed by atoms with Gasteiger partial charge in [0, 0.05) is 25.4 Å². The molecular weight excluding hydrogens is 350 g/mol. The molecule has 0 unspecified atom stereocenters. The molecular formula is C8H6ClO2Re-. The molecule has 0 fully saturated rings. The fraction of sp³-hybridized carbons (Fsp3) is 0.125. The van der Waals surface area contributed by atoms with Crippen molar-refractivity contribution in [1.29, 1.82) is 0 Å². The Morgan fingerprint density at radius 3 is 2.75 bits per heavy atom. The first-order chi connectivity index (χ1) is 5.25. The Bertz CT molecular complexity index is 276. The summed E-state index contributed by atoms with van der Waals surface area (Å²) >= 11 is 5.74. The topological polar surface area (TPSA) is 26.3 Å². The second-order valence-electron chi connectivity index (χ2n) is 2.05. The van der Waals surface area contributed by atoms with E-state index >= 15 is 0 Å². The molecule has 0 amide bonds. The number of rotatable bonds is 2. The van der Waals surface area contributed by atoms with Crippen molar-refractivity contribution in [3.05, 3.63) is 28.8 Å². The first-order valence-corrected chi connectivity index (χ1v) is 3.42. The Balaban J connectivity index is 0.00000121. The van der Waals surface area contributed by atoms with Gasteiger partial charge >= 0.3 is 0 Å². The van der Waals surface area contributed by atoms with Gasteiger partial charge in [0.25, 0.3) is 0 Å². The minimum atomic E-state index is 0. The molecule has 0 N–H and O–H groups in total. The van der Waals surface area contributed by atoms with Crippen molar-refractivity contribution in [3.8, 4) is 5.75 Å². The number of hydrogen-bond donors (Lipinski definition) is 0. The molecule has 0 spiro atoms. The Kier molecular flexibility index (Phi) is 5.16. The van der Waals surface area contributed by atoms with Crippen LogP contribution >= 0.6 is 11.6 Å². The standard InChI is InChI=1S/C8H6ClO2.Re/c1-6-7(9)3-2-4-8(6)11-5-10;/h2-4H,1H3;/q-1;. The van der Waals surface area contributed by atoms with Crippen molar-refractivity contribution < 1.29 is 30.0 Å². The van der Waals surface area contributed by atoms with Gasteiger partial charge in [-0.1, -0.05) is 30.2 Å². The predicted molar refractivity (Wildman–Crippen MR) is 42.5 cm³/mol. The van der Waals surface area contributed by atoms with E-state index in [2.05, 4.69) is 4.74 Å². The van der Waals surface area contributed by atoms with Crippen LogP contribution in [0.5, 0.6) is 5.75 Å². The van der Waals surface area contributed by atoms with Crippen molar-refractivity contribution in [2.24, 2.45) is 0 Å². The van der Waals surface area contributed by atoms with E-state index in [9.17, 15) is 4.79 Å². The average molecular weight is 356 g/mol. The van der Waals surface area contributed by atoms with Gasteiger partial charge in [0.2, 0.25) is 0 Å². The molecule has 0 atom stereocenters. The van der Waals surface area contributed by atoms with Crippen LogP contribution in [-0.2, 0) is 25.2 Å². The zero-order valence-electron chi connectivity index (χ0n) is 6.30. The van der Waals surface area contributed by atoms with Crippen LogP contribution < -0.4 is 4.74 Å². The first-order valence-electron chi connectivity index (χ1n) is 3.05. The van der Waals surface area contributed by atoms with E-state index in [1.165, 1.54) is 6.47 Å². The zero-order valence-corrected chi connectivity index (χ0v) is 9.78. The van der Waals surface area contributed by atoms with E-state index in [4.69, 9.17) is 11.6 Å². The summed E-state index contributed by atoms with van der Waals surface area (Å²) in [6, 6.07) is 5.10. The Morgan fingerprint density at radius 2 is 2.17 bits per heavy atom. The van der Waals surface area contributed by atoms with Gasteiger partial charge in [-0.25, -0.2) is 0 Å². The van der Waals surface area contributed by atoms with Crippen LogP contribution in [0, 0.1) is 6.92 Å². The number of hydrogen-bond acceptors (Lipinski definition) is 2. The first kappa shape index (κ1) is 11.6. The summed E-state index contributed by atoms with van der Waals surface area (Å²) in [5.74, 6) is 0.451. The summed E-state index contributed by atoms with van der Waals surface area (Å²) in [5.41, 5.74) is 0.748. The van der Waals surface area contributed by atoms with Crippen molar-refractivity contribution in [3.63, 3.8) is 0 Å². The Hall–Kier alpha value is -0.358. The second-order valence-corrected chi connectivity index (χ2v) is 2.46. The van der Waals surface area contributed by atoms with Crippen LogP contribution in [0.4, 0.5) is 0 Å². The largest absolute Gasteiger partial charge is 0.609 e. The molecule has 1 radical (unpaired) electrons. The molecule has 0 aliphatic rings. The quantitative estimate of drug-likeness (QED) is 0.759. The molecule has 0 aliphatic heterocycles. The number of halogens is 1. The smallest absolute Gasteiger partial charge is 0.170 e. The Morgan fingerprint density at radius 1 is 1.50 bits per heavy atom. The number of carbonyl (C=O) groups excluding carboxylic acids is 1. The van der Waals surface area contributed by atoms with Crippen LogP contribution in [0.1, 0.15) is 5.56 Å². The van der Waals surface area contributed by atoms with Crippen molar-refractivity contribution in [1.82, 2.24) is 0 Å². The molecule has 1 aromatic rings. The molecule has 0 saturated carbocycles. The maximum atomic E-state index is 9.85. The van der Waals surface area contributed by atoms with Gasteiger partial charge in [-0.05, 0) is 11.8 Å². The zero-order chi connectivity index (χ0) is 8.27. The van der Waals surface area contributed by atoms with Crippen LogP contribution in [0.3, 0.4) is 0 Å². The number of ether oxygens (including phenoxy) is 1.